The highest BCUT2D eigenvalue weighted by Crippen LogP contribution is 2.48. The molecule has 2 aliphatic carbocycles. The van der Waals surface area contributed by atoms with Gasteiger partial charge in [0, 0.05) is 71.3 Å². The third kappa shape index (κ3) is 17.9. The normalized spacial score (nSPS) is 12.5. The number of aromatic nitrogens is 8. The van der Waals surface area contributed by atoms with Crippen LogP contribution < -0.4 is 52.8 Å². The number of nitrogens with zero attached hydrogens (tertiary/aromatic N) is 10. The number of pyridine rings is 2. The van der Waals surface area contributed by atoms with E-state index >= 15 is 9.59 Å². The molecule has 54 heteroatoms. The van der Waals surface area contributed by atoms with Gasteiger partial charge >= 0.3 is 23.9 Å². The van der Waals surface area contributed by atoms with Crippen molar-refractivity contribution in [1.82, 2.24) is 39.0 Å². The summed E-state index contributed by atoms with van der Waals surface area (Å²) >= 11 is 0. The van der Waals surface area contributed by atoms with Crippen molar-refractivity contribution in [3.63, 3.8) is 0 Å². The minimum Gasteiger partial charge on any atom is -0.480 e. The van der Waals surface area contributed by atoms with E-state index in [1.807, 2.05) is 0 Å². The van der Waals surface area contributed by atoms with Gasteiger partial charge in [-0.15, -0.1) is 0 Å². The van der Waals surface area contributed by atoms with E-state index < -0.39 is 291 Å². The molecule has 14 rings (SSSR count). The molecule has 0 aliphatic heterocycles. The van der Waals surface area contributed by atoms with Crippen LogP contribution >= 0.6 is 0 Å². The lowest BCUT2D eigenvalue weighted by Crippen LogP contribution is -2.36. The number of anilines is 12. The molecule has 0 spiro atoms. The van der Waals surface area contributed by atoms with Crippen LogP contribution in [0, 0.1) is 0 Å². The van der Waals surface area contributed by atoms with Gasteiger partial charge in [-0.1, -0.05) is 72.8 Å². The van der Waals surface area contributed by atoms with Crippen molar-refractivity contribution in [3.05, 3.63) is 211 Å². The standard InChI is InChI=1S/C76H58N16O32S6/c1-89-47-19-17-41(59-61(47)57(37-13-3-5-15-39(37)67(59)103)63(69(89)105)65(101)33-9-7-11-35(23-33)125(107,108)109)79-43-25-45(51(129(119,120)121)27-49(43)127(113,114)115)81-73-83-71(85-75(87-73)91(29-53(93)94)30-54(95)96)77-21-22-78-72-84-74(88-76(86-72)92(31-55(97)98)32-56(99)100)82-46-26-44(50(128(116,117)118)28-52(46)130(122,123)124)80-42-18-20-48-62-58(38-14-4-6-16-40(38)68(104)60(42)62)64(70(106)90(48)2)66(102)34-10-8-12-36(24-34)126(110,111)112/h3-20,23-28,79-80H,21-22,29-32H2,1-2H3,(H,93,94)(H,95,96)(H,97,98)(H,99,100)(H,107,108,109)(H,110,111,112)(H,113,114,115)(H,116,117,118)(H,119,120,121)(H,122,123,124)(H2,77,81,83,85,87)(H2,78,82,84,86,88). The number of carbonyl (C=O) groups is 8. The summed E-state index contributed by atoms with van der Waals surface area (Å²) in [5.41, 5.74) is -10.6. The Kier molecular flexibility index (Phi) is 23.6. The van der Waals surface area contributed by atoms with E-state index in [-0.39, 0.29) is 67.3 Å². The first-order chi connectivity index (χ1) is 60.8. The van der Waals surface area contributed by atoms with Crippen LogP contribution in [-0.2, 0) is 94.0 Å². The monoisotopic (exact) mass is 1900 g/mol. The van der Waals surface area contributed by atoms with Gasteiger partial charge in [0.1, 0.15) is 45.8 Å². The highest BCUT2D eigenvalue weighted by Gasteiger charge is 2.39. The van der Waals surface area contributed by atoms with Crippen molar-refractivity contribution in [2.75, 3.05) is 81.0 Å². The summed E-state index contributed by atoms with van der Waals surface area (Å²) in [6, 6.07) is 25.1. The topological polar surface area (TPSA) is 744 Å². The molecule has 0 saturated carbocycles. The molecule has 0 atom stereocenters. The first-order valence-corrected chi connectivity index (χ1v) is 45.1. The molecular formula is C76H58N16O32S6. The molecule has 0 fully saturated rings. The van der Waals surface area contributed by atoms with Gasteiger partial charge in [-0.3, -0.25) is 75.3 Å². The minimum absolute atomic E-state index is 0.0210. The Hall–Kier alpha value is -15.4. The van der Waals surface area contributed by atoms with Gasteiger partial charge in [-0.05, 0) is 83.9 Å². The van der Waals surface area contributed by atoms with Crippen molar-refractivity contribution in [2.24, 2.45) is 14.1 Å². The van der Waals surface area contributed by atoms with E-state index in [0.717, 1.165) is 69.8 Å². The number of rotatable bonds is 33. The number of ketones is 4. The Bertz CT molecular complexity index is 7480. The minimum atomic E-state index is -5.77. The highest BCUT2D eigenvalue weighted by molar-refractivity contribution is 7.87. The van der Waals surface area contributed by atoms with Crippen molar-refractivity contribution in [2.45, 2.75) is 29.4 Å². The van der Waals surface area contributed by atoms with E-state index in [1.165, 1.54) is 74.8 Å². The molecular weight excluding hydrogens is 1840 g/mol. The summed E-state index contributed by atoms with van der Waals surface area (Å²) in [7, 11) is -30.5. The Labute approximate surface area is 728 Å². The maximum atomic E-state index is 15.0. The fourth-order valence-electron chi connectivity index (χ4n) is 14.4. The molecule has 0 unspecified atom stereocenters. The molecule has 2 aliphatic rings. The second-order valence-electron chi connectivity index (χ2n) is 28.2. The molecule has 8 aromatic carbocycles. The average molecular weight is 1900 g/mol. The second kappa shape index (κ2) is 33.8. The molecule has 4 aromatic heterocycles. The smallest absolute Gasteiger partial charge is 0.323 e. The lowest BCUT2D eigenvalue weighted by atomic mass is 9.80. The molecule has 670 valence electrons. The van der Waals surface area contributed by atoms with Gasteiger partial charge in [-0.2, -0.15) is 80.4 Å². The van der Waals surface area contributed by atoms with Crippen molar-refractivity contribution < 1.29 is 137 Å². The average Bonchev–Trinajstić information content (AvgIpc) is 0.708. The lowest BCUT2D eigenvalue weighted by molar-refractivity contribution is -0.138. The summed E-state index contributed by atoms with van der Waals surface area (Å²) in [6.07, 6.45) is 0. The Morgan fingerprint density at radius 3 is 0.954 bits per heavy atom. The molecule has 0 saturated heterocycles. The SMILES string of the molecule is Cn1c(=O)c(C(=O)c2cccc(S(=O)(=O)O)c2)c2c3c(c(Nc4cc(Nc5nc(NCCNc6nc(Nc7cc(Nc8ccc9c%10c8C(=O)c8ccccc8-c%10c(C(=O)c8cccc(S(=O)(=O)O)c8)c(=O)n9C)c(S(=O)(=O)O)cc7S(=O)(=O)O)nc(N(CC(=O)O)CC(=O)O)n6)nc(N(CC(=O)O)CC(=O)O)n5)c(S(=O)(=O)O)cc4S(=O)(=O)O)ccc31)C(=O)c1ccccc1-2. The number of carbonyl (C=O) groups excluding carboxylic acids is 4. The van der Waals surface area contributed by atoms with Gasteiger partial charge in [0.25, 0.3) is 71.8 Å². The van der Waals surface area contributed by atoms with Crippen molar-refractivity contribution >= 4 is 199 Å². The van der Waals surface area contributed by atoms with E-state index in [2.05, 4.69) is 61.8 Å². The molecule has 12 aromatic rings. The first kappa shape index (κ1) is 90.9. The van der Waals surface area contributed by atoms with Crippen LogP contribution in [0.4, 0.5) is 69.8 Å². The quantitative estimate of drug-likeness (QED) is 0.0152. The second-order valence-corrected chi connectivity index (χ2v) is 36.6. The van der Waals surface area contributed by atoms with E-state index in [9.17, 15) is 137 Å². The number of fused-ring (bicyclic) bond motifs is 4. The number of aryl methyl sites for hydroxylation is 2. The van der Waals surface area contributed by atoms with Gasteiger partial charge in [0.15, 0.2) is 23.1 Å². The van der Waals surface area contributed by atoms with Gasteiger partial charge in [0.05, 0.1) is 77.2 Å². The predicted octanol–water partition coefficient (Wildman–Crippen LogP) is 4.58. The zero-order chi connectivity index (χ0) is 94.4. The van der Waals surface area contributed by atoms with Crippen LogP contribution in [0.25, 0.3) is 44.1 Å². The Morgan fingerprint density at radius 1 is 0.338 bits per heavy atom. The molecule has 16 N–H and O–H groups in total. The number of carboxylic acid groups (broad SMARTS) is 4. The molecule has 48 nitrogen and oxygen atoms in total. The molecule has 130 heavy (non-hydrogen) atoms. The van der Waals surface area contributed by atoms with Crippen molar-refractivity contribution in [3.8, 4) is 22.3 Å². The summed E-state index contributed by atoms with van der Waals surface area (Å²) in [6.45, 7) is -6.12. The number of carboxylic acids is 4. The summed E-state index contributed by atoms with van der Waals surface area (Å²) in [4.78, 5) is 156. The first-order valence-electron chi connectivity index (χ1n) is 36.5. The van der Waals surface area contributed by atoms with Crippen LogP contribution in [0.15, 0.2) is 185 Å². The highest BCUT2D eigenvalue weighted by atomic mass is 32.2. The number of benzene rings is 8. The third-order valence-electron chi connectivity index (χ3n) is 19.8. The van der Waals surface area contributed by atoms with Crippen LogP contribution in [0.3, 0.4) is 0 Å². The third-order valence-corrected chi connectivity index (χ3v) is 25.1. The Balaban J connectivity index is 0.835. The summed E-state index contributed by atoms with van der Waals surface area (Å²) in [5, 5.41) is 54.9. The van der Waals surface area contributed by atoms with Crippen LogP contribution in [-0.4, -0.2) is 224 Å². The number of aliphatic carboxylic acids is 4. The summed E-state index contributed by atoms with van der Waals surface area (Å²) < 4.78 is 222. The molecule has 0 bridgehead atoms. The number of hydrogen-bond donors (Lipinski definition) is 16. The van der Waals surface area contributed by atoms with Crippen LogP contribution in [0.1, 0.15) is 63.7 Å². The van der Waals surface area contributed by atoms with Crippen LogP contribution in [0.5, 0.6) is 0 Å². The maximum absolute atomic E-state index is 15.0. The van der Waals surface area contributed by atoms with E-state index in [4.69, 9.17) is 0 Å². The van der Waals surface area contributed by atoms with E-state index in [1.54, 1.807) is 0 Å². The Morgan fingerprint density at radius 2 is 0.646 bits per heavy atom. The predicted molar refractivity (Wildman–Crippen MR) is 452 cm³/mol. The number of hydrogen-bond acceptors (Lipinski definition) is 36. The molecule has 0 radical (unpaired) electrons. The lowest BCUT2D eigenvalue weighted by Gasteiger charge is -2.26. The largest absolute Gasteiger partial charge is 0.480 e. The summed E-state index contributed by atoms with van der Waals surface area (Å²) in [5.74, 6) is -16.0. The van der Waals surface area contributed by atoms with E-state index in [0.29, 0.717) is 21.9 Å². The van der Waals surface area contributed by atoms with Crippen molar-refractivity contribution in [1.29, 1.82) is 0 Å². The fourth-order valence-corrected chi connectivity index (χ4v) is 18.3. The zero-order valence-corrected chi connectivity index (χ0v) is 70.4. The van der Waals surface area contributed by atoms with Crippen LogP contribution in [0.2, 0.25) is 0 Å². The van der Waals surface area contributed by atoms with Gasteiger partial charge < -0.3 is 71.3 Å². The van der Waals surface area contributed by atoms with Gasteiger partial charge in [0.2, 0.25) is 35.7 Å². The maximum Gasteiger partial charge on any atom is 0.323 e. The molecule has 4 heterocycles. The number of nitrogens with one attached hydrogen (secondary N) is 6. The zero-order valence-electron chi connectivity index (χ0n) is 65.5. The van der Waals surface area contributed by atoms with Gasteiger partial charge in [-0.25, -0.2) is 0 Å². The molecule has 0 amide bonds. The fraction of sp³-hybridized carbons (Fsp3) is 0.105.